The van der Waals surface area contributed by atoms with Crippen molar-refractivity contribution >= 4 is 17.7 Å². The molecule has 0 radical (unpaired) electrons. The summed E-state index contributed by atoms with van der Waals surface area (Å²) >= 11 is 0. The second-order valence-corrected chi connectivity index (χ2v) is 11.0. The Morgan fingerprint density at radius 3 is 2.65 bits per heavy atom. The molecule has 0 aromatic heterocycles. The second kappa shape index (κ2) is 7.22. The van der Waals surface area contributed by atoms with Gasteiger partial charge in [0.05, 0.1) is 17.9 Å². The quantitative estimate of drug-likeness (QED) is 0.396. The van der Waals surface area contributed by atoms with Gasteiger partial charge in [-0.1, -0.05) is 32.9 Å². The van der Waals surface area contributed by atoms with Crippen LogP contribution in [0.4, 0.5) is 0 Å². The predicted molar refractivity (Wildman–Crippen MR) is 116 cm³/mol. The minimum absolute atomic E-state index is 0.115. The lowest BCUT2D eigenvalue weighted by atomic mass is 9.38. The molecule has 3 aliphatic carbocycles. The number of fused-ring (bicyclic) bond motifs is 1. The monoisotopic (exact) mass is 476 g/mol. The van der Waals surface area contributed by atoms with Gasteiger partial charge in [0, 0.05) is 17.3 Å². The molecule has 0 amide bonds. The molecule has 3 N–H and O–H groups in total. The molecule has 34 heavy (non-hydrogen) atoms. The van der Waals surface area contributed by atoms with E-state index < -0.39 is 82.4 Å². The van der Waals surface area contributed by atoms with Crippen molar-refractivity contribution < 1.29 is 43.9 Å². The third kappa shape index (κ3) is 2.56. The zero-order valence-corrected chi connectivity index (χ0v) is 19.8. The summed E-state index contributed by atoms with van der Waals surface area (Å²) < 4.78 is 17.4. The maximum absolute atomic E-state index is 13.2. The molecule has 5 aliphatic rings. The zero-order valence-electron chi connectivity index (χ0n) is 19.8. The van der Waals surface area contributed by atoms with Gasteiger partial charge in [0.15, 0.2) is 11.6 Å². The maximum Gasteiger partial charge on any atom is 0.348 e. The second-order valence-electron chi connectivity index (χ2n) is 11.0. The number of allylic oxidation sites excluding steroid dienone is 1. The number of ether oxygens (including phenoxy) is 3. The van der Waals surface area contributed by atoms with Gasteiger partial charge in [0.25, 0.3) is 0 Å². The molecule has 0 aromatic carbocycles. The zero-order chi connectivity index (χ0) is 25.0. The molecule has 0 aromatic rings. The molecule has 9 nitrogen and oxygen atoms in total. The van der Waals surface area contributed by atoms with E-state index in [1.54, 1.807) is 20.8 Å². The highest BCUT2D eigenvalue weighted by atomic mass is 16.7. The van der Waals surface area contributed by atoms with E-state index in [1.165, 1.54) is 6.08 Å². The summed E-state index contributed by atoms with van der Waals surface area (Å²) in [5.74, 6) is -6.75. The fraction of sp³-hybridized carbons (Fsp3) is 0.720. The highest BCUT2D eigenvalue weighted by Crippen LogP contribution is 2.73. The van der Waals surface area contributed by atoms with E-state index >= 15 is 0 Å². The first-order valence-corrected chi connectivity index (χ1v) is 11.9. The summed E-state index contributed by atoms with van der Waals surface area (Å²) in [4.78, 5) is 38.6. The molecule has 9 heteroatoms. The molecule has 2 heterocycles. The summed E-state index contributed by atoms with van der Waals surface area (Å²) in [6.07, 6.45) is -3.05. The van der Waals surface area contributed by atoms with Crippen LogP contribution in [0.25, 0.3) is 0 Å². The smallest absolute Gasteiger partial charge is 0.348 e. The number of aliphatic hydroxyl groups is 3. The molecule has 11 atom stereocenters. The lowest BCUT2D eigenvalue weighted by molar-refractivity contribution is -0.311. The van der Waals surface area contributed by atoms with Crippen molar-refractivity contribution in [1.29, 1.82) is 0 Å². The van der Waals surface area contributed by atoms with Gasteiger partial charge >= 0.3 is 11.9 Å². The molecule has 1 spiro atoms. The Labute approximate surface area is 197 Å². The predicted octanol–water partition coefficient (Wildman–Crippen LogP) is 0.654. The molecule has 2 saturated heterocycles. The average Bonchev–Trinajstić information content (AvgIpc) is 3.08. The Kier molecular flexibility index (Phi) is 5.03. The van der Waals surface area contributed by atoms with E-state index in [9.17, 15) is 29.7 Å². The minimum Gasteiger partial charge on any atom is -0.459 e. The fourth-order valence-electron chi connectivity index (χ4n) is 7.71. The number of rotatable bonds is 3. The molecular weight excluding hydrogens is 444 g/mol. The minimum atomic E-state index is -2.16. The van der Waals surface area contributed by atoms with E-state index in [1.807, 2.05) is 6.92 Å². The third-order valence-electron chi connectivity index (χ3n) is 9.48. The summed E-state index contributed by atoms with van der Waals surface area (Å²) in [7, 11) is 0. The van der Waals surface area contributed by atoms with Crippen molar-refractivity contribution in [3.05, 3.63) is 23.8 Å². The van der Waals surface area contributed by atoms with Crippen LogP contribution in [0, 0.1) is 34.5 Å². The molecule has 2 saturated carbocycles. The summed E-state index contributed by atoms with van der Waals surface area (Å²) in [5.41, 5.74) is -1.56. The number of carbonyl (C=O) groups is 3. The van der Waals surface area contributed by atoms with E-state index in [0.717, 1.165) is 0 Å². The Morgan fingerprint density at radius 2 is 2.00 bits per heavy atom. The van der Waals surface area contributed by atoms with Gasteiger partial charge < -0.3 is 29.5 Å². The molecule has 4 fully saturated rings. The van der Waals surface area contributed by atoms with E-state index in [-0.39, 0.29) is 18.6 Å². The van der Waals surface area contributed by atoms with Crippen molar-refractivity contribution in [2.24, 2.45) is 34.5 Å². The number of carbonyl (C=O) groups excluding carboxylic acids is 3. The maximum atomic E-state index is 13.2. The number of hydrogen-bond donors (Lipinski definition) is 3. The van der Waals surface area contributed by atoms with Crippen LogP contribution in [0.5, 0.6) is 0 Å². The van der Waals surface area contributed by atoms with Crippen molar-refractivity contribution in [2.75, 3.05) is 6.61 Å². The Bertz CT molecular complexity index is 1020. The fourth-order valence-corrected chi connectivity index (χ4v) is 7.71. The highest BCUT2D eigenvalue weighted by molar-refractivity contribution is 5.96. The van der Waals surface area contributed by atoms with Gasteiger partial charge in [-0.3, -0.25) is 9.59 Å². The van der Waals surface area contributed by atoms with Crippen LogP contribution in [0.3, 0.4) is 0 Å². The first-order chi connectivity index (χ1) is 15.8. The topological polar surface area (TPSA) is 140 Å². The van der Waals surface area contributed by atoms with Crippen molar-refractivity contribution in [1.82, 2.24) is 0 Å². The summed E-state index contributed by atoms with van der Waals surface area (Å²) in [5, 5.41) is 34.2. The van der Waals surface area contributed by atoms with Gasteiger partial charge in [-0.05, 0) is 37.3 Å². The van der Waals surface area contributed by atoms with E-state index in [0.29, 0.717) is 12.0 Å². The Morgan fingerprint density at radius 1 is 1.32 bits per heavy atom. The molecule has 2 aliphatic heterocycles. The van der Waals surface area contributed by atoms with E-state index in [4.69, 9.17) is 14.2 Å². The first-order valence-electron chi connectivity index (χ1n) is 11.9. The average molecular weight is 477 g/mol. The van der Waals surface area contributed by atoms with Gasteiger partial charge in [0.1, 0.15) is 18.3 Å². The van der Waals surface area contributed by atoms with Crippen molar-refractivity contribution in [2.45, 2.75) is 70.7 Å². The SMILES string of the molecule is C=C1C(O)C2(O)OCC34C(CC5C(C)=CC(=O)C(O)C5(C)C23)OC(=O)C(OC(=O)C(C)CC)C14. The van der Waals surface area contributed by atoms with Gasteiger partial charge in [0.2, 0.25) is 6.10 Å². The lowest BCUT2D eigenvalue weighted by Gasteiger charge is -2.67. The van der Waals surface area contributed by atoms with Crippen molar-refractivity contribution in [3.8, 4) is 0 Å². The standard InChI is InChI=1S/C25H32O9/c1-6-10(2)20(29)34-17-16-12(4)18(27)25(31)22-23(5)13(11(3)7-14(26)19(23)28)8-15(33-21(17)30)24(16,22)9-32-25/h7,10,13,15-19,22,27-28,31H,4,6,8-9H2,1-3,5H3. The van der Waals surface area contributed by atoms with Crippen LogP contribution in [-0.2, 0) is 28.6 Å². The van der Waals surface area contributed by atoms with Gasteiger partial charge in [-0.15, -0.1) is 0 Å². The number of hydrogen-bond acceptors (Lipinski definition) is 9. The van der Waals surface area contributed by atoms with Crippen LogP contribution in [0.15, 0.2) is 23.8 Å². The van der Waals surface area contributed by atoms with Crippen LogP contribution >= 0.6 is 0 Å². The number of ketones is 1. The first kappa shape index (κ1) is 23.7. The Balaban J connectivity index is 1.70. The molecular formula is C25H32O9. The van der Waals surface area contributed by atoms with Crippen LogP contribution in [0.2, 0.25) is 0 Å². The van der Waals surface area contributed by atoms with Crippen LogP contribution in [0.1, 0.15) is 40.5 Å². The molecule has 5 rings (SSSR count). The largest absolute Gasteiger partial charge is 0.459 e. The number of esters is 2. The van der Waals surface area contributed by atoms with Crippen LogP contribution in [-0.4, -0.2) is 69.9 Å². The van der Waals surface area contributed by atoms with Gasteiger partial charge in [-0.2, -0.15) is 0 Å². The summed E-state index contributed by atoms with van der Waals surface area (Å²) in [6.45, 7) is 10.9. The molecule has 2 bridgehead atoms. The normalized spacial score (nSPS) is 50.0. The van der Waals surface area contributed by atoms with Crippen molar-refractivity contribution in [3.63, 3.8) is 0 Å². The lowest BCUT2D eigenvalue weighted by Crippen LogP contribution is -2.76. The van der Waals surface area contributed by atoms with Crippen LogP contribution < -0.4 is 0 Å². The molecule has 11 unspecified atom stereocenters. The third-order valence-corrected chi connectivity index (χ3v) is 9.48. The highest BCUT2D eigenvalue weighted by Gasteiger charge is 2.83. The van der Waals surface area contributed by atoms with E-state index in [2.05, 4.69) is 6.58 Å². The molecule has 186 valence electrons. The number of aliphatic hydroxyl groups excluding tert-OH is 2. The van der Waals surface area contributed by atoms with Gasteiger partial charge in [-0.25, -0.2) is 4.79 Å². The summed E-state index contributed by atoms with van der Waals surface area (Å²) in [6, 6.07) is 0. The Hall–Kier alpha value is -2.07.